The molecule has 0 aliphatic rings. The highest BCUT2D eigenvalue weighted by molar-refractivity contribution is 6.00. The minimum atomic E-state index is -1.04. The first kappa shape index (κ1) is 27.3. The quantitative estimate of drug-likeness (QED) is 0.152. The maximum atomic E-state index is 13.2. The molecule has 9 nitrogen and oxygen atoms in total. The van der Waals surface area contributed by atoms with E-state index in [2.05, 4.69) is 10.3 Å². The van der Waals surface area contributed by atoms with Gasteiger partial charge in [0.25, 0.3) is 5.91 Å². The number of hydrogen-bond donors (Lipinski definition) is 4. The van der Waals surface area contributed by atoms with E-state index in [9.17, 15) is 14.7 Å². The third-order valence-corrected chi connectivity index (χ3v) is 7.04. The number of nitrogens with zero attached hydrogens (tertiary/aromatic N) is 3. The second kappa shape index (κ2) is 11.4. The number of carbonyl (C=O) groups is 2. The molecule has 2 aromatic heterocycles. The molecule has 0 saturated heterocycles. The molecule has 0 unspecified atom stereocenters. The molecule has 5 N–H and O–H groups in total. The Bertz CT molecular complexity index is 1790. The molecule has 2 heterocycles. The fourth-order valence-electron chi connectivity index (χ4n) is 4.94. The van der Waals surface area contributed by atoms with Crippen LogP contribution < -0.4 is 11.1 Å². The molecule has 9 heteroatoms. The van der Waals surface area contributed by atoms with E-state index in [-0.39, 0.29) is 17.3 Å². The molecule has 0 bridgehead atoms. The highest BCUT2D eigenvalue weighted by Crippen LogP contribution is 2.32. The number of aromatic carboxylic acids is 1. The SMILES string of the molecule is CCn1nc(Cc2ccc(C(=O)NCc3cccnc3)cc2-c2ccc(C)cc2C(=O)O)c2ccc(C(=N)N)cc21. The predicted molar refractivity (Wildman–Crippen MR) is 158 cm³/mol. The molecule has 1 amide bonds. The molecular formula is C32H30N6O3. The summed E-state index contributed by atoms with van der Waals surface area (Å²) < 4.78 is 1.87. The molecule has 0 spiro atoms. The average molecular weight is 547 g/mol. The van der Waals surface area contributed by atoms with Gasteiger partial charge in [0.1, 0.15) is 5.84 Å². The van der Waals surface area contributed by atoms with Gasteiger partial charge in [-0.3, -0.25) is 19.9 Å². The summed E-state index contributed by atoms with van der Waals surface area (Å²) in [6, 6.07) is 19.9. The van der Waals surface area contributed by atoms with Crippen LogP contribution in [0, 0.1) is 12.3 Å². The number of carboxylic acids is 1. The van der Waals surface area contributed by atoms with E-state index in [0.717, 1.165) is 33.3 Å². The lowest BCUT2D eigenvalue weighted by molar-refractivity contribution is 0.0697. The van der Waals surface area contributed by atoms with E-state index in [1.807, 2.05) is 54.9 Å². The van der Waals surface area contributed by atoms with Crippen molar-refractivity contribution in [2.45, 2.75) is 33.4 Å². The number of benzene rings is 3. The first-order valence-corrected chi connectivity index (χ1v) is 13.2. The Balaban J connectivity index is 1.59. The summed E-state index contributed by atoms with van der Waals surface area (Å²) in [5.74, 6) is -1.33. The van der Waals surface area contributed by atoms with Gasteiger partial charge in [-0.15, -0.1) is 0 Å². The van der Waals surface area contributed by atoms with Gasteiger partial charge < -0.3 is 16.2 Å². The molecule has 0 saturated carbocycles. The van der Waals surface area contributed by atoms with E-state index in [0.29, 0.717) is 41.8 Å². The smallest absolute Gasteiger partial charge is 0.336 e. The predicted octanol–water partition coefficient (Wildman–Crippen LogP) is 4.93. The third kappa shape index (κ3) is 5.69. The van der Waals surface area contributed by atoms with Crippen LogP contribution in [0.4, 0.5) is 0 Å². The highest BCUT2D eigenvalue weighted by atomic mass is 16.4. The second-order valence-corrected chi connectivity index (χ2v) is 9.85. The number of amides is 1. The molecule has 5 rings (SSSR count). The minimum absolute atomic E-state index is 0.0162. The van der Waals surface area contributed by atoms with Crippen LogP contribution in [0.1, 0.15) is 55.6 Å². The fraction of sp³-hybridized carbons (Fsp3) is 0.156. The monoisotopic (exact) mass is 546 g/mol. The van der Waals surface area contributed by atoms with Gasteiger partial charge in [0.15, 0.2) is 0 Å². The first-order chi connectivity index (χ1) is 19.7. The van der Waals surface area contributed by atoms with Crippen molar-refractivity contribution < 1.29 is 14.7 Å². The number of nitrogen functional groups attached to an aromatic ring is 1. The summed E-state index contributed by atoms with van der Waals surface area (Å²) >= 11 is 0. The summed E-state index contributed by atoms with van der Waals surface area (Å²) in [4.78, 5) is 29.5. The zero-order chi connectivity index (χ0) is 29.1. The molecular weight excluding hydrogens is 516 g/mol. The van der Waals surface area contributed by atoms with Gasteiger partial charge in [-0.25, -0.2) is 4.79 Å². The van der Waals surface area contributed by atoms with Crippen LogP contribution in [0.15, 0.2) is 79.1 Å². The lowest BCUT2D eigenvalue weighted by atomic mass is 9.90. The number of aromatic nitrogens is 3. The lowest BCUT2D eigenvalue weighted by Crippen LogP contribution is -2.23. The maximum absolute atomic E-state index is 13.2. The van der Waals surface area contributed by atoms with Gasteiger partial charge in [0, 0.05) is 48.4 Å². The zero-order valence-electron chi connectivity index (χ0n) is 22.8. The van der Waals surface area contributed by atoms with Crippen molar-refractivity contribution in [1.82, 2.24) is 20.1 Å². The Morgan fingerprint density at radius 1 is 1.02 bits per heavy atom. The van der Waals surface area contributed by atoms with Crippen molar-refractivity contribution in [2.24, 2.45) is 5.73 Å². The maximum Gasteiger partial charge on any atom is 0.336 e. The fourth-order valence-corrected chi connectivity index (χ4v) is 4.94. The average Bonchev–Trinajstić information content (AvgIpc) is 3.33. The largest absolute Gasteiger partial charge is 0.478 e. The Hall–Kier alpha value is -5.31. The molecule has 0 aliphatic carbocycles. The van der Waals surface area contributed by atoms with Crippen LogP contribution in [-0.2, 0) is 19.5 Å². The number of hydrogen-bond acceptors (Lipinski definition) is 5. The third-order valence-electron chi connectivity index (χ3n) is 7.04. The number of fused-ring (bicyclic) bond motifs is 1. The van der Waals surface area contributed by atoms with Crippen LogP contribution in [0.3, 0.4) is 0 Å². The van der Waals surface area contributed by atoms with Gasteiger partial charge in [-0.2, -0.15) is 5.10 Å². The normalized spacial score (nSPS) is 11.0. The van der Waals surface area contributed by atoms with Gasteiger partial charge in [-0.05, 0) is 66.4 Å². The molecule has 0 atom stereocenters. The van der Waals surface area contributed by atoms with Crippen LogP contribution in [0.2, 0.25) is 0 Å². The summed E-state index contributed by atoms with van der Waals surface area (Å²) in [6.07, 6.45) is 3.77. The summed E-state index contributed by atoms with van der Waals surface area (Å²) in [6.45, 7) is 4.78. The molecule has 3 aromatic carbocycles. The summed E-state index contributed by atoms with van der Waals surface area (Å²) in [5, 5.41) is 26.5. The number of amidine groups is 1. The Morgan fingerprint density at radius 2 is 1.83 bits per heavy atom. The Labute approximate surface area is 237 Å². The van der Waals surface area contributed by atoms with Gasteiger partial charge in [0.05, 0.1) is 16.8 Å². The topological polar surface area (TPSA) is 147 Å². The molecule has 0 radical (unpaired) electrons. The van der Waals surface area contributed by atoms with Crippen LogP contribution in [0.5, 0.6) is 0 Å². The molecule has 0 fully saturated rings. The number of carboxylic acid groups (broad SMARTS) is 1. The van der Waals surface area contributed by atoms with Crippen LogP contribution in [0.25, 0.3) is 22.0 Å². The molecule has 0 aliphatic heterocycles. The standard InChI is InChI=1S/C32H30N6O3/c1-3-38-29-16-22(30(33)34)9-11-25(29)28(37-38)15-21-7-8-23(31(39)36-18-20-5-4-12-35-17-20)14-26(21)24-10-6-19(2)13-27(24)32(40)41/h4-14,16-17H,3,15,18H2,1-2H3,(H3,33,34)(H,36,39)(H,40,41). The Morgan fingerprint density at radius 3 is 2.54 bits per heavy atom. The Kier molecular flexibility index (Phi) is 7.60. The lowest BCUT2D eigenvalue weighted by Gasteiger charge is -2.15. The molecule has 5 aromatic rings. The van der Waals surface area contributed by atoms with Crippen LogP contribution >= 0.6 is 0 Å². The van der Waals surface area contributed by atoms with Crippen LogP contribution in [-0.4, -0.2) is 37.6 Å². The zero-order valence-corrected chi connectivity index (χ0v) is 22.8. The number of aryl methyl sites for hydroxylation is 2. The highest BCUT2D eigenvalue weighted by Gasteiger charge is 2.20. The van der Waals surface area contributed by atoms with Crippen molar-refractivity contribution in [3.05, 3.63) is 118 Å². The van der Waals surface area contributed by atoms with Crippen molar-refractivity contribution in [3.63, 3.8) is 0 Å². The van der Waals surface area contributed by atoms with Gasteiger partial charge >= 0.3 is 5.97 Å². The number of pyridine rings is 1. The van der Waals surface area contributed by atoms with Gasteiger partial charge in [-0.1, -0.05) is 42.0 Å². The van der Waals surface area contributed by atoms with Crippen molar-refractivity contribution >= 4 is 28.6 Å². The summed E-state index contributed by atoms with van der Waals surface area (Å²) in [5.41, 5.74) is 12.3. The van der Waals surface area contributed by atoms with E-state index in [1.54, 1.807) is 42.7 Å². The second-order valence-electron chi connectivity index (χ2n) is 9.85. The minimum Gasteiger partial charge on any atom is -0.478 e. The number of nitrogens with one attached hydrogen (secondary N) is 2. The number of rotatable bonds is 9. The van der Waals surface area contributed by atoms with Gasteiger partial charge in [0.2, 0.25) is 0 Å². The number of nitrogens with two attached hydrogens (primary N) is 1. The van der Waals surface area contributed by atoms with E-state index >= 15 is 0 Å². The van der Waals surface area contributed by atoms with Crippen molar-refractivity contribution in [2.75, 3.05) is 0 Å². The first-order valence-electron chi connectivity index (χ1n) is 13.2. The number of carbonyl (C=O) groups excluding carboxylic acids is 1. The molecule has 206 valence electrons. The summed E-state index contributed by atoms with van der Waals surface area (Å²) in [7, 11) is 0. The van der Waals surface area contributed by atoms with E-state index in [1.165, 1.54) is 0 Å². The van der Waals surface area contributed by atoms with E-state index < -0.39 is 5.97 Å². The van der Waals surface area contributed by atoms with Crippen molar-refractivity contribution in [1.29, 1.82) is 5.41 Å². The molecule has 41 heavy (non-hydrogen) atoms. The van der Waals surface area contributed by atoms with Crippen molar-refractivity contribution in [3.8, 4) is 11.1 Å². The van der Waals surface area contributed by atoms with E-state index in [4.69, 9.17) is 16.2 Å².